The molecule has 7 nitrogen and oxygen atoms in total. The van der Waals surface area contributed by atoms with Crippen molar-refractivity contribution in [2.45, 2.75) is 72.0 Å². The number of imide groups is 1. The lowest BCUT2D eigenvalue weighted by Gasteiger charge is -2.31. The molecule has 27 heavy (non-hydrogen) atoms. The van der Waals surface area contributed by atoms with Crippen molar-refractivity contribution in [3.05, 3.63) is 0 Å². The van der Waals surface area contributed by atoms with Gasteiger partial charge >= 0.3 is 0 Å². The quantitative estimate of drug-likeness (QED) is 0.481. The van der Waals surface area contributed by atoms with E-state index in [1.54, 1.807) is 0 Å². The van der Waals surface area contributed by atoms with Gasteiger partial charge in [-0.2, -0.15) is 11.8 Å². The zero-order valence-corrected chi connectivity index (χ0v) is 18.2. The van der Waals surface area contributed by atoms with Gasteiger partial charge in [-0.15, -0.1) is 0 Å². The van der Waals surface area contributed by atoms with Crippen molar-refractivity contribution in [2.75, 3.05) is 12.0 Å². The monoisotopic (exact) mass is 401 g/mol. The highest BCUT2D eigenvalue weighted by Crippen LogP contribution is 2.14. The fourth-order valence-corrected chi connectivity index (χ4v) is 3.28. The molecule has 0 aliphatic carbocycles. The number of nitrogens with two attached hydrogens (primary N) is 1. The second-order valence-electron chi connectivity index (χ2n) is 7.64. The van der Waals surface area contributed by atoms with E-state index in [-0.39, 0.29) is 11.8 Å². The average Bonchev–Trinajstić information content (AvgIpc) is 2.55. The van der Waals surface area contributed by atoms with Crippen LogP contribution in [0.4, 0.5) is 0 Å². The molecule has 3 amide bonds. The highest BCUT2D eigenvalue weighted by molar-refractivity contribution is 7.98. The predicted octanol–water partition coefficient (Wildman–Crippen LogP) is 1.59. The van der Waals surface area contributed by atoms with Crippen LogP contribution in [-0.2, 0) is 19.2 Å². The van der Waals surface area contributed by atoms with Crippen molar-refractivity contribution in [3.63, 3.8) is 0 Å². The van der Waals surface area contributed by atoms with Crippen LogP contribution >= 0.6 is 11.8 Å². The fraction of sp³-hybridized carbons (Fsp3) is 0.789. The molecule has 0 fully saturated rings. The van der Waals surface area contributed by atoms with Crippen molar-refractivity contribution in [1.82, 2.24) is 10.2 Å². The molecule has 0 aliphatic heterocycles. The highest BCUT2D eigenvalue weighted by Gasteiger charge is 2.34. The highest BCUT2D eigenvalue weighted by atomic mass is 32.2. The van der Waals surface area contributed by atoms with Crippen molar-refractivity contribution in [1.29, 1.82) is 0 Å². The smallest absolute Gasteiger partial charge is 0.252 e. The Hall–Kier alpha value is -1.41. The van der Waals surface area contributed by atoms with Gasteiger partial charge in [-0.3, -0.25) is 19.3 Å². The van der Waals surface area contributed by atoms with Crippen LogP contribution in [0.5, 0.6) is 0 Å². The molecular formula is C19H35N3O4S. The summed E-state index contributed by atoms with van der Waals surface area (Å²) in [5.41, 5.74) is 5.92. The van der Waals surface area contributed by atoms with E-state index in [4.69, 9.17) is 5.73 Å². The molecule has 0 heterocycles. The summed E-state index contributed by atoms with van der Waals surface area (Å²) in [6.45, 7) is 9.02. The van der Waals surface area contributed by atoms with E-state index in [2.05, 4.69) is 5.32 Å². The minimum absolute atomic E-state index is 0.107. The summed E-state index contributed by atoms with van der Waals surface area (Å²) in [4.78, 5) is 50.0. The van der Waals surface area contributed by atoms with Gasteiger partial charge < -0.3 is 15.8 Å². The Kier molecular flexibility index (Phi) is 12.2. The Labute approximate surface area is 167 Å². The van der Waals surface area contributed by atoms with Gasteiger partial charge in [-0.25, -0.2) is 0 Å². The second kappa shape index (κ2) is 12.9. The van der Waals surface area contributed by atoms with E-state index < -0.39 is 35.8 Å². The van der Waals surface area contributed by atoms with Gasteiger partial charge in [-0.05, 0) is 43.1 Å². The number of hydrogen-bond donors (Lipinski definition) is 2. The molecule has 0 aliphatic rings. The van der Waals surface area contributed by atoms with Crippen LogP contribution in [0.3, 0.4) is 0 Å². The van der Waals surface area contributed by atoms with Crippen LogP contribution in [0.1, 0.15) is 53.9 Å². The predicted molar refractivity (Wildman–Crippen MR) is 109 cm³/mol. The number of nitrogens with zero attached hydrogens (tertiary/aromatic N) is 1. The molecule has 8 heteroatoms. The summed E-state index contributed by atoms with van der Waals surface area (Å²) in [6.07, 6.45) is 3.74. The Balaban J connectivity index is 5.48. The molecular weight excluding hydrogens is 366 g/mol. The van der Waals surface area contributed by atoms with Gasteiger partial charge in [0.2, 0.25) is 11.8 Å². The first kappa shape index (κ1) is 25.6. The lowest BCUT2D eigenvalue weighted by atomic mass is 9.99. The molecule has 3 N–H and O–H groups in total. The minimum atomic E-state index is -0.892. The third-order valence-corrected chi connectivity index (χ3v) is 4.71. The number of aldehydes is 1. The number of rotatable bonds is 12. The van der Waals surface area contributed by atoms with E-state index in [9.17, 15) is 19.2 Å². The lowest BCUT2D eigenvalue weighted by Crippen LogP contribution is -2.56. The van der Waals surface area contributed by atoms with Crippen LogP contribution in [0.2, 0.25) is 0 Å². The maximum Gasteiger partial charge on any atom is 0.252 e. The minimum Gasteiger partial charge on any atom is -0.343 e. The first-order valence-corrected chi connectivity index (χ1v) is 10.8. The van der Waals surface area contributed by atoms with Gasteiger partial charge in [0.25, 0.3) is 5.91 Å². The number of thioether (sulfide) groups is 1. The standard InChI is InChI=1S/C19H35N3O4S/c1-12(2)9-16(20)18(25)21-17(10-13(3)4)19(26)22(14(5)24)15(11-23)7-8-27-6/h11-13,15-17H,7-10,20H2,1-6H3,(H,21,25)/t15-,16-,17-/m0/s1. The molecule has 0 rings (SSSR count). The molecule has 0 bridgehead atoms. The fourth-order valence-electron chi connectivity index (χ4n) is 2.80. The first-order valence-electron chi connectivity index (χ1n) is 9.38. The number of hydrogen-bond acceptors (Lipinski definition) is 6. The SMILES string of the molecule is CSCC[C@@H](C=O)N(C(C)=O)C(=O)[C@H](CC(C)C)NC(=O)[C@@H](N)CC(C)C. The van der Waals surface area contributed by atoms with Gasteiger partial charge in [0.15, 0.2) is 0 Å². The molecule has 3 atom stereocenters. The normalized spacial score (nSPS) is 14.6. The molecule has 0 aromatic heterocycles. The zero-order valence-electron chi connectivity index (χ0n) is 17.4. The van der Waals surface area contributed by atoms with Crippen LogP contribution in [0.25, 0.3) is 0 Å². The topological polar surface area (TPSA) is 110 Å². The summed E-state index contributed by atoms with van der Waals surface area (Å²) in [5, 5.41) is 2.70. The van der Waals surface area contributed by atoms with Crippen molar-refractivity contribution in [3.8, 4) is 0 Å². The van der Waals surface area contributed by atoms with E-state index in [1.165, 1.54) is 18.7 Å². The zero-order chi connectivity index (χ0) is 21.1. The lowest BCUT2D eigenvalue weighted by molar-refractivity contribution is -0.151. The van der Waals surface area contributed by atoms with E-state index in [0.29, 0.717) is 31.3 Å². The maximum absolute atomic E-state index is 13.0. The number of nitrogens with one attached hydrogen (secondary N) is 1. The molecule has 0 unspecified atom stereocenters. The van der Waals surface area contributed by atoms with Gasteiger partial charge in [0.05, 0.1) is 12.1 Å². The van der Waals surface area contributed by atoms with Gasteiger partial charge in [-0.1, -0.05) is 27.7 Å². The average molecular weight is 402 g/mol. The molecule has 0 saturated carbocycles. The summed E-state index contributed by atoms with van der Waals surface area (Å²) >= 11 is 1.53. The summed E-state index contributed by atoms with van der Waals surface area (Å²) in [5.74, 6) is -0.494. The Morgan fingerprint density at radius 2 is 1.67 bits per heavy atom. The molecule has 156 valence electrons. The summed E-state index contributed by atoms with van der Waals surface area (Å²) < 4.78 is 0. The summed E-state index contributed by atoms with van der Waals surface area (Å²) in [7, 11) is 0. The third-order valence-electron chi connectivity index (χ3n) is 4.07. The second-order valence-corrected chi connectivity index (χ2v) is 8.62. The van der Waals surface area contributed by atoms with E-state index >= 15 is 0 Å². The largest absolute Gasteiger partial charge is 0.343 e. The van der Waals surface area contributed by atoms with Gasteiger partial charge in [0.1, 0.15) is 12.3 Å². The third kappa shape index (κ3) is 9.37. The Morgan fingerprint density at radius 1 is 1.11 bits per heavy atom. The first-order chi connectivity index (χ1) is 12.5. The number of amides is 3. The van der Waals surface area contributed by atoms with Crippen molar-refractivity contribution in [2.24, 2.45) is 17.6 Å². The van der Waals surface area contributed by atoms with Crippen molar-refractivity contribution < 1.29 is 19.2 Å². The molecule has 0 aromatic rings. The molecule has 0 radical (unpaired) electrons. The van der Waals surface area contributed by atoms with E-state index in [1.807, 2.05) is 34.0 Å². The van der Waals surface area contributed by atoms with Crippen LogP contribution in [0.15, 0.2) is 0 Å². The summed E-state index contributed by atoms with van der Waals surface area (Å²) in [6, 6.07) is -2.45. The van der Waals surface area contributed by atoms with Crippen LogP contribution in [0, 0.1) is 11.8 Å². The Bertz CT molecular complexity index is 511. The van der Waals surface area contributed by atoms with Crippen molar-refractivity contribution >= 4 is 35.8 Å². The molecule has 0 aromatic carbocycles. The maximum atomic E-state index is 13.0. The Morgan fingerprint density at radius 3 is 2.07 bits per heavy atom. The van der Waals surface area contributed by atoms with Gasteiger partial charge in [0, 0.05) is 6.92 Å². The van der Waals surface area contributed by atoms with E-state index in [0.717, 1.165) is 4.90 Å². The number of carbonyl (C=O) groups is 4. The molecule has 0 saturated heterocycles. The van der Waals surface area contributed by atoms with Crippen LogP contribution < -0.4 is 11.1 Å². The van der Waals surface area contributed by atoms with Crippen LogP contribution in [-0.4, -0.2) is 59.0 Å². The molecule has 0 spiro atoms. The number of carbonyl (C=O) groups excluding carboxylic acids is 4.